The molecule has 6 aromatic rings. The highest BCUT2D eigenvalue weighted by atomic mass is 79.9. The SMILES string of the molecule is BrC#C[Si](c1ccc(-c2ccccc2)cc1)(c1ccc(-c2ccccc2)cc1)c1ccc(-c2ccccc2)cc1. The highest BCUT2D eigenvalue weighted by molar-refractivity contribution is 9.12. The average molecular weight is 592 g/mol. The Labute approximate surface area is 246 Å². The summed E-state index contributed by atoms with van der Waals surface area (Å²) in [5.74, 6) is 0. The molecule has 0 bridgehead atoms. The van der Waals surface area contributed by atoms with E-state index in [4.69, 9.17) is 0 Å². The summed E-state index contributed by atoms with van der Waals surface area (Å²) in [4.78, 5) is 3.17. The zero-order chi connectivity index (χ0) is 27.2. The summed E-state index contributed by atoms with van der Waals surface area (Å²) in [5.41, 5.74) is 11.0. The lowest BCUT2D eigenvalue weighted by atomic mass is 10.1. The van der Waals surface area contributed by atoms with Gasteiger partial charge in [-0.2, -0.15) is 0 Å². The van der Waals surface area contributed by atoms with E-state index in [1.807, 2.05) is 0 Å². The fourth-order valence-corrected chi connectivity index (χ4v) is 9.88. The minimum atomic E-state index is -2.70. The van der Waals surface area contributed by atoms with Crippen LogP contribution in [0.4, 0.5) is 0 Å². The molecule has 0 amide bonds. The molecule has 0 nitrogen and oxygen atoms in total. The Hall–Kier alpha value is -4.42. The van der Waals surface area contributed by atoms with Crippen molar-refractivity contribution in [2.24, 2.45) is 0 Å². The summed E-state index contributed by atoms with van der Waals surface area (Å²) in [6, 6.07) is 58.7. The van der Waals surface area contributed by atoms with Gasteiger partial charge in [-0.25, -0.2) is 0 Å². The molecule has 0 saturated heterocycles. The van der Waals surface area contributed by atoms with E-state index in [0.29, 0.717) is 0 Å². The monoisotopic (exact) mass is 590 g/mol. The van der Waals surface area contributed by atoms with Gasteiger partial charge in [0.25, 0.3) is 0 Å². The largest absolute Gasteiger partial charge is 0.230 e. The molecule has 0 aliphatic carbocycles. The maximum Gasteiger partial charge on any atom is 0.230 e. The second kappa shape index (κ2) is 11.8. The molecule has 0 aliphatic heterocycles. The molecule has 0 unspecified atom stereocenters. The van der Waals surface area contributed by atoms with Crippen molar-refractivity contribution in [1.29, 1.82) is 0 Å². The van der Waals surface area contributed by atoms with Crippen molar-refractivity contribution in [1.82, 2.24) is 0 Å². The van der Waals surface area contributed by atoms with Gasteiger partial charge in [-0.1, -0.05) is 164 Å². The van der Waals surface area contributed by atoms with Gasteiger partial charge >= 0.3 is 0 Å². The minimum absolute atomic E-state index is 1.21. The fourth-order valence-electron chi connectivity index (χ4n) is 5.42. The standard InChI is InChI=1S/C38H27BrSi/c39-28-29-40(36-22-16-33(17-23-36)30-10-4-1-5-11-30,37-24-18-34(19-25-37)31-12-6-2-7-13-31)38-26-20-35(21-27-38)32-14-8-3-9-15-32/h1-27H. The number of rotatable bonds is 6. The van der Waals surface area contributed by atoms with Crippen LogP contribution >= 0.6 is 15.9 Å². The van der Waals surface area contributed by atoms with Crippen molar-refractivity contribution < 1.29 is 0 Å². The Balaban J connectivity index is 1.50. The maximum absolute atomic E-state index is 3.73. The molecule has 0 fully saturated rings. The molecule has 0 aromatic heterocycles. The van der Waals surface area contributed by atoms with Crippen LogP contribution in [0.1, 0.15) is 0 Å². The van der Waals surface area contributed by atoms with Crippen LogP contribution in [-0.2, 0) is 0 Å². The molecule has 0 radical (unpaired) electrons. The summed E-state index contributed by atoms with van der Waals surface area (Å²) in [6.07, 6.45) is 0. The number of halogens is 1. The molecule has 6 aromatic carbocycles. The Morgan fingerprint density at radius 3 is 0.825 bits per heavy atom. The van der Waals surface area contributed by atoms with Crippen molar-refractivity contribution in [3.05, 3.63) is 164 Å². The van der Waals surface area contributed by atoms with Crippen LogP contribution in [0.25, 0.3) is 33.4 Å². The van der Waals surface area contributed by atoms with E-state index in [2.05, 4.69) is 190 Å². The Kier molecular flexibility index (Phi) is 7.59. The van der Waals surface area contributed by atoms with Gasteiger partial charge in [-0.05, 0) is 53.8 Å². The van der Waals surface area contributed by atoms with E-state index in [1.165, 1.54) is 48.9 Å². The Morgan fingerprint density at radius 1 is 0.325 bits per heavy atom. The first-order chi connectivity index (χ1) is 19.8. The van der Waals surface area contributed by atoms with E-state index in [-0.39, 0.29) is 0 Å². The summed E-state index contributed by atoms with van der Waals surface area (Å²) in [6.45, 7) is 0. The van der Waals surface area contributed by atoms with Gasteiger partial charge < -0.3 is 0 Å². The molecular formula is C38H27BrSi. The molecule has 0 heterocycles. The summed E-state index contributed by atoms with van der Waals surface area (Å²) < 4.78 is 0. The van der Waals surface area contributed by atoms with Crippen LogP contribution in [0.2, 0.25) is 0 Å². The average Bonchev–Trinajstić information content (AvgIpc) is 3.05. The van der Waals surface area contributed by atoms with E-state index < -0.39 is 8.07 Å². The van der Waals surface area contributed by atoms with Crippen molar-refractivity contribution in [3.8, 4) is 43.8 Å². The van der Waals surface area contributed by atoms with Gasteiger partial charge in [0.05, 0.1) is 0 Å². The fraction of sp³-hybridized carbons (Fsp3) is 0. The van der Waals surface area contributed by atoms with Crippen LogP contribution in [-0.4, -0.2) is 8.07 Å². The highest BCUT2D eigenvalue weighted by Gasteiger charge is 2.38. The molecule has 0 saturated carbocycles. The molecule has 40 heavy (non-hydrogen) atoms. The molecular weight excluding hydrogens is 564 g/mol. The summed E-state index contributed by atoms with van der Waals surface area (Å²) in [5, 5.41) is 3.79. The van der Waals surface area contributed by atoms with Gasteiger partial charge in [0, 0.05) is 15.9 Å². The first-order valence-electron chi connectivity index (χ1n) is 13.4. The Morgan fingerprint density at radius 2 is 0.575 bits per heavy atom. The first-order valence-corrected chi connectivity index (χ1v) is 16.2. The van der Waals surface area contributed by atoms with Crippen LogP contribution in [0, 0.1) is 10.4 Å². The topological polar surface area (TPSA) is 0 Å². The summed E-state index contributed by atoms with van der Waals surface area (Å²) in [7, 11) is -2.70. The van der Waals surface area contributed by atoms with Crippen molar-refractivity contribution in [3.63, 3.8) is 0 Å². The third-order valence-corrected chi connectivity index (χ3v) is 12.2. The smallest absolute Gasteiger partial charge is 0.102 e. The van der Waals surface area contributed by atoms with E-state index in [1.54, 1.807) is 0 Å². The van der Waals surface area contributed by atoms with Crippen molar-refractivity contribution in [2.45, 2.75) is 0 Å². The quantitative estimate of drug-likeness (QED) is 0.104. The third kappa shape index (κ3) is 5.10. The second-order valence-corrected chi connectivity index (χ2v) is 13.7. The van der Waals surface area contributed by atoms with Crippen LogP contribution in [0.3, 0.4) is 0 Å². The lowest BCUT2D eigenvalue weighted by Gasteiger charge is -2.28. The van der Waals surface area contributed by atoms with Crippen molar-refractivity contribution >= 4 is 39.6 Å². The van der Waals surface area contributed by atoms with Crippen LogP contribution < -0.4 is 15.6 Å². The number of hydrogen-bond donors (Lipinski definition) is 0. The van der Waals surface area contributed by atoms with E-state index in [9.17, 15) is 0 Å². The second-order valence-electron chi connectivity index (χ2n) is 9.80. The molecule has 0 atom stereocenters. The zero-order valence-electron chi connectivity index (χ0n) is 22.0. The lowest BCUT2D eigenvalue weighted by molar-refractivity contribution is 1.61. The minimum Gasteiger partial charge on any atom is -0.102 e. The summed E-state index contributed by atoms with van der Waals surface area (Å²) >= 11 is 3.50. The highest BCUT2D eigenvalue weighted by Crippen LogP contribution is 2.22. The number of hydrogen-bond acceptors (Lipinski definition) is 0. The first kappa shape index (κ1) is 25.8. The van der Waals surface area contributed by atoms with Crippen LogP contribution in [0.5, 0.6) is 0 Å². The number of benzene rings is 6. The van der Waals surface area contributed by atoms with Crippen molar-refractivity contribution in [2.75, 3.05) is 0 Å². The van der Waals surface area contributed by atoms with Gasteiger partial charge in [0.1, 0.15) is 0 Å². The molecule has 0 aliphatic rings. The third-order valence-electron chi connectivity index (χ3n) is 7.51. The molecule has 6 rings (SSSR count). The molecule has 0 N–H and O–H groups in total. The zero-order valence-corrected chi connectivity index (χ0v) is 24.6. The normalized spacial score (nSPS) is 10.9. The maximum atomic E-state index is 3.73. The van der Waals surface area contributed by atoms with Gasteiger partial charge in [0.2, 0.25) is 8.07 Å². The predicted molar refractivity (Wildman–Crippen MR) is 177 cm³/mol. The van der Waals surface area contributed by atoms with Gasteiger partial charge in [-0.3, -0.25) is 0 Å². The van der Waals surface area contributed by atoms with E-state index in [0.717, 1.165) is 0 Å². The molecule has 2 heteroatoms. The molecule has 190 valence electrons. The predicted octanol–water partition coefficient (Wildman–Crippen LogP) is 8.05. The Bertz CT molecular complexity index is 1550. The van der Waals surface area contributed by atoms with Gasteiger partial charge in [-0.15, -0.1) is 5.54 Å². The van der Waals surface area contributed by atoms with Crippen LogP contribution in [0.15, 0.2) is 164 Å². The van der Waals surface area contributed by atoms with E-state index >= 15 is 0 Å². The molecule has 0 spiro atoms. The lowest BCUT2D eigenvalue weighted by Crippen LogP contribution is -2.66. The van der Waals surface area contributed by atoms with Gasteiger partial charge in [0.15, 0.2) is 0 Å².